The van der Waals surface area contributed by atoms with Gasteiger partial charge in [0.15, 0.2) is 0 Å². The summed E-state index contributed by atoms with van der Waals surface area (Å²) in [5.41, 5.74) is 1.24. The molecule has 0 saturated carbocycles. The van der Waals surface area contributed by atoms with Gasteiger partial charge in [-0.25, -0.2) is 13.1 Å². The summed E-state index contributed by atoms with van der Waals surface area (Å²) in [6.07, 6.45) is 7.07. The lowest BCUT2D eigenvalue weighted by Gasteiger charge is -2.21. The van der Waals surface area contributed by atoms with E-state index in [1.165, 1.54) is 17.7 Å². The summed E-state index contributed by atoms with van der Waals surface area (Å²) >= 11 is 5.88. The number of hydrogen-bond acceptors (Lipinski definition) is 4. The lowest BCUT2D eigenvalue weighted by Crippen LogP contribution is -2.37. The van der Waals surface area contributed by atoms with Gasteiger partial charge < -0.3 is 5.11 Å². The summed E-state index contributed by atoms with van der Waals surface area (Å²) in [7, 11) is -3.64. The van der Waals surface area contributed by atoms with Crippen LogP contribution in [0.1, 0.15) is 31.2 Å². The first-order chi connectivity index (χ1) is 15.3. The number of benzene rings is 2. The fourth-order valence-electron chi connectivity index (χ4n) is 3.92. The zero-order valence-corrected chi connectivity index (χ0v) is 19.4. The van der Waals surface area contributed by atoms with E-state index < -0.39 is 16.0 Å². The summed E-state index contributed by atoms with van der Waals surface area (Å²) in [6.45, 7) is 1.43. The molecule has 2 aromatic carbocycles. The number of rotatable bonds is 11. The molecule has 1 fully saturated rings. The molecule has 2 N–H and O–H groups in total. The van der Waals surface area contributed by atoms with Gasteiger partial charge in [0.1, 0.15) is 0 Å². The zero-order valence-electron chi connectivity index (χ0n) is 17.9. The van der Waals surface area contributed by atoms with Crippen molar-refractivity contribution in [3.8, 4) is 0 Å². The lowest BCUT2D eigenvalue weighted by molar-refractivity contribution is -0.137. The standard InChI is InChI=1S/C24H29ClN2O4S/c25-20-11-13-23(14-12-20)32(30,31)26-21-17-22(9-5-2-6-10-24(28)29)27(18-21)16-15-19-7-3-1-4-8-19/h1,3-5,7-9,11-14,21-22,26H,2,6,10,15-18H2,(H,28,29)/t21-,22-/m1/s1. The first-order valence-corrected chi connectivity index (χ1v) is 12.6. The quantitative estimate of drug-likeness (QED) is 0.376. The van der Waals surface area contributed by atoms with Crippen LogP contribution in [0.5, 0.6) is 0 Å². The van der Waals surface area contributed by atoms with Gasteiger partial charge in [0.25, 0.3) is 0 Å². The van der Waals surface area contributed by atoms with Crippen molar-refractivity contribution in [1.29, 1.82) is 0 Å². The Bertz CT molecular complexity index is 1010. The number of aliphatic carboxylic acids is 1. The average molecular weight is 477 g/mol. The molecule has 0 amide bonds. The molecule has 1 aliphatic rings. The van der Waals surface area contributed by atoms with Gasteiger partial charge in [-0.15, -0.1) is 0 Å². The van der Waals surface area contributed by atoms with Crippen molar-refractivity contribution in [2.45, 2.75) is 49.1 Å². The Hall–Kier alpha value is -2.19. The normalized spacial score (nSPS) is 19.5. The van der Waals surface area contributed by atoms with Crippen LogP contribution in [0, 0.1) is 0 Å². The van der Waals surface area contributed by atoms with Gasteiger partial charge in [-0.2, -0.15) is 0 Å². The first-order valence-electron chi connectivity index (χ1n) is 10.8. The average Bonchev–Trinajstić information content (AvgIpc) is 3.13. The predicted octanol–water partition coefficient (Wildman–Crippen LogP) is 4.12. The van der Waals surface area contributed by atoms with E-state index in [4.69, 9.17) is 16.7 Å². The van der Waals surface area contributed by atoms with E-state index in [0.29, 0.717) is 30.8 Å². The minimum Gasteiger partial charge on any atom is -0.481 e. The van der Waals surface area contributed by atoms with Crippen LogP contribution in [-0.4, -0.2) is 49.6 Å². The number of carboxylic acids is 1. The molecule has 8 heteroatoms. The molecule has 32 heavy (non-hydrogen) atoms. The summed E-state index contributed by atoms with van der Waals surface area (Å²) < 4.78 is 28.5. The van der Waals surface area contributed by atoms with Crippen LogP contribution in [0.25, 0.3) is 0 Å². The largest absolute Gasteiger partial charge is 0.481 e. The van der Waals surface area contributed by atoms with E-state index in [9.17, 15) is 13.2 Å². The summed E-state index contributed by atoms with van der Waals surface area (Å²) in [6, 6.07) is 16.2. The van der Waals surface area contributed by atoms with E-state index in [1.54, 1.807) is 12.1 Å². The maximum atomic E-state index is 12.8. The second-order valence-electron chi connectivity index (χ2n) is 8.02. The number of halogens is 1. The second kappa shape index (κ2) is 11.6. The van der Waals surface area contributed by atoms with E-state index in [0.717, 1.165) is 13.0 Å². The maximum absolute atomic E-state index is 12.8. The van der Waals surface area contributed by atoms with Crippen LogP contribution in [0.4, 0.5) is 0 Å². The van der Waals surface area contributed by atoms with Crippen LogP contribution in [0.15, 0.2) is 71.6 Å². The Morgan fingerprint density at radius 3 is 2.56 bits per heavy atom. The minimum absolute atomic E-state index is 0.0986. The highest BCUT2D eigenvalue weighted by atomic mass is 35.5. The van der Waals surface area contributed by atoms with Crippen LogP contribution in [0.2, 0.25) is 5.02 Å². The lowest BCUT2D eigenvalue weighted by atomic mass is 10.1. The van der Waals surface area contributed by atoms with Gasteiger partial charge >= 0.3 is 5.97 Å². The van der Waals surface area contributed by atoms with Crippen molar-refractivity contribution in [3.63, 3.8) is 0 Å². The zero-order chi connectivity index (χ0) is 23.0. The topological polar surface area (TPSA) is 86.7 Å². The Kier molecular flexibility index (Phi) is 8.87. The fourth-order valence-corrected chi connectivity index (χ4v) is 5.29. The molecule has 3 rings (SSSR count). The fraction of sp³-hybridized carbons (Fsp3) is 0.375. The molecule has 2 atom stereocenters. The highest BCUT2D eigenvalue weighted by molar-refractivity contribution is 7.89. The van der Waals surface area contributed by atoms with Crippen LogP contribution in [-0.2, 0) is 21.2 Å². The molecule has 1 aliphatic heterocycles. The van der Waals surface area contributed by atoms with Crippen molar-refractivity contribution < 1.29 is 18.3 Å². The van der Waals surface area contributed by atoms with Crippen molar-refractivity contribution in [2.24, 2.45) is 0 Å². The van der Waals surface area contributed by atoms with E-state index in [2.05, 4.69) is 27.8 Å². The molecular weight excluding hydrogens is 448 g/mol. The predicted molar refractivity (Wildman–Crippen MR) is 126 cm³/mol. The van der Waals surface area contributed by atoms with Crippen molar-refractivity contribution in [3.05, 3.63) is 77.3 Å². The minimum atomic E-state index is -3.64. The molecular formula is C24H29ClN2O4S. The smallest absolute Gasteiger partial charge is 0.303 e. The molecule has 1 heterocycles. The summed E-state index contributed by atoms with van der Waals surface area (Å²) in [4.78, 5) is 13.2. The monoisotopic (exact) mass is 476 g/mol. The number of carbonyl (C=O) groups is 1. The number of hydrogen-bond donors (Lipinski definition) is 2. The van der Waals surface area contributed by atoms with Gasteiger partial charge in [-0.05, 0) is 55.5 Å². The number of carboxylic acid groups (broad SMARTS) is 1. The molecule has 0 radical (unpaired) electrons. The highest BCUT2D eigenvalue weighted by Crippen LogP contribution is 2.23. The van der Waals surface area contributed by atoms with Gasteiger partial charge in [-0.3, -0.25) is 9.69 Å². The SMILES string of the molecule is O=C(O)CCCC=C[C@@H]1C[C@@H](NS(=O)(=O)c2ccc(Cl)cc2)CN1CCc1ccccc1. The maximum Gasteiger partial charge on any atom is 0.303 e. The molecule has 0 spiro atoms. The number of nitrogens with zero attached hydrogens (tertiary/aromatic N) is 1. The second-order valence-corrected chi connectivity index (χ2v) is 10.2. The molecule has 172 valence electrons. The molecule has 0 aromatic heterocycles. The van der Waals surface area contributed by atoms with Crippen LogP contribution in [0.3, 0.4) is 0 Å². The van der Waals surface area contributed by atoms with Gasteiger partial charge in [0.2, 0.25) is 10.0 Å². The first kappa shape index (κ1) is 24.5. The molecule has 6 nitrogen and oxygen atoms in total. The number of allylic oxidation sites excluding steroid dienone is 1. The molecule has 0 unspecified atom stereocenters. The number of nitrogens with one attached hydrogen (secondary N) is 1. The highest BCUT2D eigenvalue weighted by Gasteiger charge is 2.33. The van der Waals surface area contributed by atoms with Crippen molar-refractivity contribution in [1.82, 2.24) is 9.62 Å². The third-order valence-electron chi connectivity index (χ3n) is 5.55. The van der Waals surface area contributed by atoms with Crippen LogP contribution < -0.4 is 4.72 Å². The number of likely N-dealkylation sites (tertiary alicyclic amines) is 1. The Morgan fingerprint density at radius 2 is 1.88 bits per heavy atom. The van der Waals surface area contributed by atoms with Gasteiger partial charge in [0, 0.05) is 36.6 Å². The van der Waals surface area contributed by atoms with Crippen molar-refractivity contribution >= 4 is 27.6 Å². The number of unbranched alkanes of at least 4 members (excludes halogenated alkanes) is 1. The molecule has 0 aliphatic carbocycles. The van der Waals surface area contributed by atoms with E-state index >= 15 is 0 Å². The Balaban J connectivity index is 1.64. The summed E-state index contributed by atoms with van der Waals surface area (Å²) in [5, 5.41) is 9.28. The third kappa shape index (κ3) is 7.45. The Labute approximate surface area is 195 Å². The Morgan fingerprint density at radius 1 is 1.16 bits per heavy atom. The molecule has 2 aromatic rings. The molecule has 0 bridgehead atoms. The van der Waals surface area contributed by atoms with E-state index in [-0.39, 0.29) is 23.4 Å². The van der Waals surface area contributed by atoms with Crippen LogP contribution >= 0.6 is 11.6 Å². The van der Waals surface area contributed by atoms with Crippen molar-refractivity contribution in [2.75, 3.05) is 13.1 Å². The van der Waals surface area contributed by atoms with Gasteiger partial charge in [0.05, 0.1) is 4.90 Å². The number of sulfonamides is 1. The van der Waals surface area contributed by atoms with E-state index in [1.807, 2.05) is 24.3 Å². The summed E-state index contributed by atoms with van der Waals surface area (Å²) in [5.74, 6) is -0.791. The molecule has 1 saturated heterocycles. The van der Waals surface area contributed by atoms with Gasteiger partial charge in [-0.1, -0.05) is 54.1 Å². The third-order valence-corrected chi connectivity index (χ3v) is 7.33.